The van der Waals surface area contributed by atoms with Gasteiger partial charge >= 0.3 is 0 Å². The van der Waals surface area contributed by atoms with Crippen molar-refractivity contribution in [1.82, 2.24) is 0 Å². The highest BCUT2D eigenvalue weighted by Crippen LogP contribution is 2.31. The summed E-state index contributed by atoms with van der Waals surface area (Å²) in [5.74, 6) is 1.27. The van der Waals surface area contributed by atoms with Crippen LogP contribution in [0.5, 0.6) is 11.5 Å². The number of amides is 1. The van der Waals surface area contributed by atoms with Crippen LogP contribution in [0.15, 0.2) is 48.5 Å². The monoisotopic (exact) mass is 366 g/mol. The maximum Gasteiger partial charge on any atom is 0.248 e. The number of fused-ring (bicyclic) bond motifs is 1. The van der Waals surface area contributed by atoms with Crippen LogP contribution < -0.4 is 19.7 Å². The van der Waals surface area contributed by atoms with Crippen molar-refractivity contribution < 1.29 is 19.0 Å². The SMILES string of the molecule is O=C(C=Cc1ccc2c(c1)OCCO2)Nc1ccc(N2CCOCC2)cc1. The van der Waals surface area contributed by atoms with E-state index in [4.69, 9.17) is 14.2 Å². The fourth-order valence-corrected chi connectivity index (χ4v) is 3.10. The molecule has 1 N–H and O–H groups in total. The molecule has 0 atom stereocenters. The van der Waals surface area contributed by atoms with Crippen molar-refractivity contribution in [2.24, 2.45) is 0 Å². The Kier molecular flexibility index (Phi) is 5.25. The summed E-state index contributed by atoms with van der Waals surface area (Å²) < 4.78 is 16.4. The third-order valence-electron chi connectivity index (χ3n) is 4.50. The molecule has 6 heteroatoms. The Hall–Kier alpha value is -2.99. The van der Waals surface area contributed by atoms with Gasteiger partial charge in [0.05, 0.1) is 13.2 Å². The molecular formula is C21H22N2O4. The molecule has 0 unspecified atom stereocenters. The van der Waals surface area contributed by atoms with Crippen molar-refractivity contribution in [2.75, 3.05) is 49.7 Å². The van der Waals surface area contributed by atoms with Gasteiger partial charge < -0.3 is 24.4 Å². The third-order valence-corrected chi connectivity index (χ3v) is 4.50. The molecule has 140 valence electrons. The first-order valence-corrected chi connectivity index (χ1v) is 9.09. The lowest BCUT2D eigenvalue weighted by Crippen LogP contribution is -2.36. The Morgan fingerprint density at radius 2 is 1.67 bits per heavy atom. The van der Waals surface area contributed by atoms with E-state index in [-0.39, 0.29) is 5.91 Å². The average molecular weight is 366 g/mol. The molecule has 0 aliphatic carbocycles. The van der Waals surface area contributed by atoms with E-state index in [0.717, 1.165) is 49.0 Å². The van der Waals surface area contributed by atoms with E-state index in [0.29, 0.717) is 19.0 Å². The number of ether oxygens (including phenoxy) is 3. The van der Waals surface area contributed by atoms with Gasteiger partial charge in [0.1, 0.15) is 13.2 Å². The molecule has 0 saturated carbocycles. The highest BCUT2D eigenvalue weighted by molar-refractivity contribution is 6.02. The fraction of sp³-hybridized carbons (Fsp3) is 0.286. The number of carbonyl (C=O) groups excluding carboxylic acids is 1. The molecule has 0 aromatic heterocycles. The first kappa shape index (κ1) is 17.4. The molecule has 1 amide bonds. The normalized spacial score (nSPS) is 16.4. The molecule has 6 nitrogen and oxygen atoms in total. The molecule has 2 aromatic carbocycles. The first-order chi connectivity index (χ1) is 13.3. The van der Waals surface area contributed by atoms with E-state index in [1.807, 2.05) is 42.5 Å². The second-order valence-electron chi connectivity index (χ2n) is 6.37. The second kappa shape index (κ2) is 8.14. The van der Waals surface area contributed by atoms with Crippen LogP contribution in [0.3, 0.4) is 0 Å². The molecule has 2 heterocycles. The predicted octanol–water partition coefficient (Wildman–Crippen LogP) is 2.95. The van der Waals surface area contributed by atoms with Crippen molar-refractivity contribution in [3.05, 3.63) is 54.1 Å². The van der Waals surface area contributed by atoms with E-state index < -0.39 is 0 Å². The number of morpholine rings is 1. The summed E-state index contributed by atoms with van der Waals surface area (Å²) in [4.78, 5) is 14.5. The van der Waals surface area contributed by atoms with Gasteiger partial charge in [0.15, 0.2) is 11.5 Å². The van der Waals surface area contributed by atoms with Crippen LogP contribution in [0.4, 0.5) is 11.4 Å². The minimum absolute atomic E-state index is 0.177. The summed E-state index contributed by atoms with van der Waals surface area (Å²) in [5.41, 5.74) is 2.80. The van der Waals surface area contributed by atoms with Crippen molar-refractivity contribution in [3.8, 4) is 11.5 Å². The van der Waals surface area contributed by atoms with Crippen molar-refractivity contribution >= 4 is 23.4 Å². The van der Waals surface area contributed by atoms with Gasteiger partial charge in [-0.1, -0.05) is 6.07 Å². The number of nitrogens with one attached hydrogen (secondary N) is 1. The van der Waals surface area contributed by atoms with Crippen LogP contribution >= 0.6 is 0 Å². The summed E-state index contributed by atoms with van der Waals surface area (Å²) in [7, 11) is 0. The van der Waals surface area contributed by atoms with Crippen molar-refractivity contribution in [2.45, 2.75) is 0 Å². The predicted molar refractivity (Wildman–Crippen MR) is 105 cm³/mol. The Morgan fingerprint density at radius 1 is 0.926 bits per heavy atom. The van der Waals surface area contributed by atoms with E-state index in [1.54, 1.807) is 6.08 Å². The smallest absolute Gasteiger partial charge is 0.248 e. The standard InChI is InChI=1S/C21H22N2O4/c24-21(8-2-16-1-7-19-20(15-16)27-14-13-26-19)22-17-3-5-18(6-4-17)23-9-11-25-12-10-23/h1-8,15H,9-14H2,(H,22,24). The molecule has 0 bridgehead atoms. The van der Waals surface area contributed by atoms with Gasteiger partial charge in [-0.15, -0.1) is 0 Å². The van der Waals surface area contributed by atoms with E-state index in [2.05, 4.69) is 10.2 Å². The molecule has 2 aliphatic heterocycles. The summed E-state index contributed by atoms with van der Waals surface area (Å²) in [5, 5.41) is 2.88. The topological polar surface area (TPSA) is 60.0 Å². The molecule has 0 radical (unpaired) electrons. The molecule has 27 heavy (non-hydrogen) atoms. The fourth-order valence-electron chi connectivity index (χ4n) is 3.10. The van der Waals surface area contributed by atoms with Gasteiger partial charge in [-0.05, 0) is 48.0 Å². The third kappa shape index (κ3) is 4.41. The minimum Gasteiger partial charge on any atom is -0.486 e. The Labute approximate surface area is 158 Å². The Balaban J connectivity index is 1.35. The van der Waals surface area contributed by atoms with Gasteiger partial charge in [0.25, 0.3) is 0 Å². The number of nitrogens with zero attached hydrogens (tertiary/aromatic N) is 1. The molecule has 1 saturated heterocycles. The van der Waals surface area contributed by atoms with Crippen molar-refractivity contribution in [1.29, 1.82) is 0 Å². The van der Waals surface area contributed by atoms with Crippen LogP contribution in [-0.2, 0) is 9.53 Å². The average Bonchev–Trinajstić information content (AvgIpc) is 2.73. The van der Waals surface area contributed by atoms with Crippen LogP contribution in [-0.4, -0.2) is 45.4 Å². The highest BCUT2D eigenvalue weighted by atomic mass is 16.6. The van der Waals surface area contributed by atoms with Crippen LogP contribution in [0, 0.1) is 0 Å². The molecule has 2 aromatic rings. The van der Waals surface area contributed by atoms with Gasteiger partial charge in [-0.3, -0.25) is 4.79 Å². The molecular weight excluding hydrogens is 344 g/mol. The van der Waals surface area contributed by atoms with Crippen LogP contribution in [0.25, 0.3) is 6.08 Å². The summed E-state index contributed by atoms with van der Waals surface area (Å²) in [6.07, 6.45) is 3.27. The Bertz CT molecular complexity index is 827. The summed E-state index contributed by atoms with van der Waals surface area (Å²) in [6.45, 7) is 4.40. The van der Waals surface area contributed by atoms with Gasteiger partial charge in [0, 0.05) is 30.5 Å². The molecule has 0 spiro atoms. The van der Waals surface area contributed by atoms with E-state index >= 15 is 0 Å². The maximum atomic E-state index is 12.2. The van der Waals surface area contributed by atoms with Gasteiger partial charge in [-0.25, -0.2) is 0 Å². The summed E-state index contributed by atoms with van der Waals surface area (Å²) in [6, 6.07) is 13.5. The van der Waals surface area contributed by atoms with E-state index in [1.165, 1.54) is 6.08 Å². The number of hydrogen-bond donors (Lipinski definition) is 1. The summed E-state index contributed by atoms with van der Waals surface area (Å²) >= 11 is 0. The number of hydrogen-bond acceptors (Lipinski definition) is 5. The lowest BCUT2D eigenvalue weighted by Gasteiger charge is -2.28. The number of anilines is 2. The van der Waals surface area contributed by atoms with Crippen LogP contribution in [0.2, 0.25) is 0 Å². The zero-order valence-corrected chi connectivity index (χ0v) is 15.0. The number of benzene rings is 2. The second-order valence-corrected chi connectivity index (χ2v) is 6.37. The highest BCUT2D eigenvalue weighted by Gasteiger charge is 2.12. The zero-order chi connectivity index (χ0) is 18.5. The van der Waals surface area contributed by atoms with Gasteiger partial charge in [0.2, 0.25) is 5.91 Å². The van der Waals surface area contributed by atoms with Gasteiger partial charge in [-0.2, -0.15) is 0 Å². The number of rotatable bonds is 4. The first-order valence-electron chi connectivity index (χ1n) is 9.09. The largest absolute Gasteiger partial charge is 0.486 e. The number of carbonyl (C=O) groups is 1. The van der Waals surface area contributed by atoms with Crippen LogP contribution in [0.1, 0.15) is 5.56 Å². The van der Waals surface area contributed by atoms with Crippen molar-refractivity contribution in [3.63, 3.8) is 0 Å². The molecule has 1 fully saturated rings. The zero-order valence-electron chi connectivity index (χ0n) is 15.0. The lowest BCUT2D eigenvalue weighted by atomic mass is 10.2. The molecule has 4 rings (SSSR count). The van der Waals surface area contributed by atoms with E-state index in [9.17, 15) is 4.79 Å². The molecule has 2 aliphatic rings. The minimum atomic E-state index is -0.177. The Morgan fingerprint density at radius 3 is 2.44 bits per heavy atom. The quantitative estimate of drug-likeness (QED) is 0.843. The maximum absolute atomic E-state index is 12.2. The lowest BCUT2D eigenvalue weighted by molar-refractivity contribution is -0.111.